The summed E-state index contributed by atoms with van der Waals surface area (Å²) in [5.74, 6) is -0.255. The molecule has 1 aromatic carbocycles. The third-order valence-corrected chi connectivity index (χ3v) is 3.06. The number of rotatable bonds is 8. The van der Waals surface area contributed by atoms with Crippen LogP contribution in [0.25, 0.3) is 0 Å². The molecule has 0 atom stereocenters. The van der Waals surface area contributed by atoms with Gasteiger partial charge in [-0.2, -0.15) is 0 Å². The molecule has 4 heteroatoms. The highest BCUT2D eigenvalue weighted by Gasteiger charge is 1.99. The molecule has 1 rings (SSSR count). The minimum Gasteiger partial charge on any atom is -0.348 e. The van der Waals surface area contributed by atoms with E-state index in [0.717, 1.165) is 11.1 Å². The molecule has 1 aromatic rings. The summed E-state index contributed by atoms with van der Waals surface area (Å²) in [7, 11) is 0. The lowest BCUT2D eigenvalue weighted by atomic mass is 10.1. The molecular formula is C20H24N2O2. The van der Waals surface area contributed by atoms with Gasteiger partial charge in [0.1, 0.15) is 0 Å². The van der Waals surface area contributed by atoms with Gasteiger partial charge >= 0.3 is 0 Å². The Morgan fingerprint density at radius 3 is 1.46 bits per heavy atom. The van der Waals surface area contributed by atoms with E-state index in [1.165, 1.54) is 12.2 Å². The minimum absolute atomic E-state index is 0.127. The molecule has 2 amide bonds. The highest BCUT2D eigenvalue weighted by molar-refractivity contribution is 5.88. The second-order valence-corrected chi connectivity index (χ2v) is 5.02. The lowest BCUT2D eigenvalue weighted by molar-refractivity contribution is -0.117. The average Bonchev–Trinajstić information content (AvgIpc) is 2.59. The molecule has 0 saturated heterocycles. The molecule has 2 N–H and O–H groups in total. The molecule has 0 radical (unpaired) electrons. The van der Waals surface area contributed by atoms with Crippen molar-refractivity contribution in [2.75, 3.05) is 0 Å². The topological polar surface area (TPSA) is 58.2 Å². The monoisotopic (exact) mass is 324 g/mol. The third-order valence-electron chi connectivity index (χ3n) is 3.06. The fourth-order valence-electron chi connectivity index (χ4n) is 1.78. The molecule has 0 unspecified atom stereocenters. The van der Waals surface area contributed by atoms with E-state index in [1.54, 1.807) is 24.3 Å². The standard InChI is InChI=1S/C20H24N2O2/c1-3-5-7-9-19(23)21-15-17-11-13-18(14-12-17)16-22-20(24)10-8-6-4-2/h3-14H,15-16H2,1-2H3,(H,21,23)(H,22,24). The first-order valence-electron chi connectivity index (χ1n) is 7.88. The van der Waals surface area contributed by atoms with Gasteiger partial charge in [0.25, 0.3) is 0 Å². The van der Waals surface area contributed by atoms with E-state index in [1.807, 2.05) is 50.3 Å². The molecule has 24 heavy (non-hydrogen) atoms. The Morgan fingerprint density at radius 2 is 1.12 bits per heavy atom. The van der Waals surface area contributed by atoms with Gasteiger partial charge in [-0.25, -0.2) is 0 Å². The van der Waals surface area contributed by atoms with Gasteiger partial charge in [0.15, 0.2) is 0 Å². The Morgan fingerprint density at radius 1 is 0.750 bits per heavy atom. The molecule has 0 spiro atoms. The highest BCUT2D eigenvalue weighted by atomic mass is 16.2. The zero-order valence-corrected chi connectivity index (χ0v) is 14.2. The van der Waals surface area contributed by atoms with Crippen molar-refractivity contribution < 1.29 is 9.59 Å². The predicted molar refractivity (Wildman–Crippen MR) is 98.0 cm³/mol. The van der Waals surface area contributed by atoms with E-state index in [9.17, 15) is 9.59 Å². The summed E-state index contributed by atoms with van der Waals surface area (Å²) in [6, 6.07) is 7.75. The maximum Gasteiger partial charge on any atom is 0.244 e. The van der Waals surface area contributed by atoms with Gasteiger partial charge < -0.3 is 10.6 Å². The summed E-state index contributed by atoms with van der Waals surface area (Å²) in [6.07, 6.45) is 13.7. The fourth-order valence-corrected chi connectivity index (χ4v) is 1.78. The van der Waals surface area contributed by atoms with Crippen molar-refractivity contribution in [1.82, 2.24) is 10.6 Å². The second-order valence-electron chi connectivity index (χ2n) is 5.02. The molecular weight excluding hydrogens is 300 g/mol. The second kappa shape index (κ2) is 11.7. The fraction of sp³-hybridized carbons (Fsp3) is 0.200. The molecule has 0 aliphatic carbocycles. The van der Waals surface area contributed by atoms with Gasteiger partial charge in [-0.05, 0) is 25.0 Å². The highest BCUT2D eigenvalue weighted by Crippen LogP contribution is 2.04. The van der Waals surface area contributed by atoms with Crippen molar-refractivity contribution in [2.24, 2.45) is 0 Å². The SMILES string of the molecule is CC=CC=CC(=O)NCc1ccc(CNC(=O)C=CC=CC)cc1. The number of allylic oxidation sites excluding steroid dienone is 6. The van der Waals surface area contributed by atoms with Crippen molar-refractivity contribution in [3.05, 3.63) is 84.0 Å². The quantitative estimate of drug-likeness (QED) is 0.570. The zero-order valence-electron chi connectivity index (χ0n) is 14.2. The van der Waals surface area contributed by atoms with Crippen molar-refractivity contribution in [3.63, 3.8) is 0 Å². The lowest BCUT2D eigenvalue weighted by Crippen LogP contribution is -2.21. The van der Waals surface area contributed by atoms with Crippen LogP contribution in [0.15, 0.2) is 72.9 Å². The summed E-state index contributed by atoms with van der Waals surface area (Å²) < 4.78 is 0. The average molecular weight is 324 g/mol. The maximum absolute atomic E-state index is 11.6. The van der Waals surface area contributed by atoms with Crippen LogP contribution in [0.4, 0.5) is 0 Å². The Labute approximate surface area is 143 Å². The van der Waals surface area contributed by atoms with E-state index in [2.05, 4.69) is 10.6 Å². The van der Waals surface area contributed by atoms with E-state index >= 15 is 0 Å². The van der Waals surface area contributed by atoms with Crippen molar-refractivity contribution >= 4 is 11.8 Å². The summed E-state index contributed by atoms with van der Waals surface area (Å²) in [5, 5.41) is 5.62. The third kappa shape index (κ3) is 8.54. The number of hydrogen-bond acceptors (Lipinski definition) is 2. The normalized spacial score (nSPS) is 11.8. The first kappa shape index (κ1) is 19.2. The molecule has 0 aliphatic rings. The number of benzene rings is 1. The van der Waals surface area contributed by atoms with Crippen molar-refractivity contribution in [2.45, 2.75) is 26.9 Å². The minimum atomic E-state index is -0.127. The van der Waals surface area contributed by atoms with E-state index < -0.39 is 0 Å². The van der Waals surface area contributed by atoms with E-state index in [0.29, 0.717) is 13.1 Å². The smallest absolute Gasteiger partial charge is 0.244 e. The maximum atomic E-state index is 11.6. The first-order chi connectivity index (χ1) is 11.7. The molecule has 0 bridgehead atoms. The van der Waals surface area contributed by atoms with Crippen LogP contribution in [0.5, 0.6) is 0 Å². The first-order valence-corrected chi connectivity index (χ1v) is 7.88. The van der Waals surface area contributed by atoms with Crippen molar-refractivity contribution in [1.29, 1.82) is 0 Å². The molecule has 0 aliphatic heterocycles. The zero-order chi connectivity index (χ0) is 17.6. The van der Waals surface area contributed by atoms with E-state index in [-0.39, 0.29) is 11.8 Å². The molecule has 126 valence electrons. The van der Waals surface area contributed by atoms with Crippen LogP contribution < -0.4 is 10.6 Å². The largest absolute Gasteiger partial charge is 0.348 e. The lowest BCUT2D eigenvalue weighted by Gasteiger charge is -2.06. The van der Waals surface area contributed by atoms with Crippen LogP contribution in [0, 0.1) is 0 Å². The Hall–Kier alpha value is -2.88. The Balaban J connectivity index is 2.40. The summed E-state index contributed by atoms with van der Waals surface area (Å²) in [6.45, 7) is 4.73. The number of carbonyl (C=O) groups excluding carboxylic acids is 2. The van der Waals surface area contributed by atoms with Crippen molar-refractivity contribution in [3.8, 4) is 0 Å². The molecule has 0 aromatic heterocycles. The number of nitrogens with one attached hydrogen (secondary N) is 2. The molecule has 4 nitrogen and oxygen atoms in total. The van der Waals surface area contributed by atoms with Crippen LogP contribution in [-0.4, -0.2) is 11.8 Å². The number of amides is 2. The number of carbonyl (C=O) groups is 2. The predicted octanol–water partition coefficient (Wildman–Crippen LogP) is 3.18. The van der Waals surface area contributed by atoms with Gasteiger partial charge in [-0.1, -0.05) is 60.7 Å². The van der Waals surface area contributed by atoms with E-state index in [4.69, 9.17) is 0 Å². The van der Waals surface area contributed by atoms with Gasteiger partial charge in [-0.15, -0.1) is 0 Å². The van der Waals surface area contributed by atoms with Crippen LogP contribution in [-0.2, 0) is 22.7 Å². The number of hydrogen-bond donors (Lipinski definition) is 2. The summed E-state index contributed by atoms with van der Waals surface area (Å²) in [5.41, 5.74) is 2.01. The van der Waals surface area contributed by atoms with Gasteiger partial charge in [0.2, 0.25) is 11.8 Å². The molecule has 0 saturated carbocycles. The van der Waals surface area contributed by atoms with Gasteiger partial charge in [-0.3, -0.25) is 9.59 Å². The van der Waals surface area contributed by atoms with Crippen LogP contribution >= 0.6 is 0 Å². The van der Waals surface area contributed by atoms with Crippen LogP contribution in [0.3, 0.4) is 0 Å². The Bertz CT molecular complexity index is 581. The Kier molecular flexibility index (Phi) is 9.31. The molecule has 0 fully saturated rings. The van der Waals surface area contributed by atoms with Crippen LogP contribution in [0.2, 0.25) is 0 Å². The molecule has 0 heterocycles. The summed E-state index contributed by atoms with van der Waals surface area (Å²) in [4.78, 5) is 23.1. The van der Waals surface area contributed by atoms with Gasteiger partial charge in [0, 0.05) is 25.2 Å². The summed E-state index contributed by atoms with van der Waals surface area (Å²) >= 11 is 0. The van der Waals surface area contributed by atoms with Gasteiger partial charge in [0.05, 0.1) is 0 Å². The van der Waals surface area contributed by atoms with Crippen LogP contribution in [0.1, 0.15) is 25.0 Å².